The summed E-state index contributed by atoms with van der Waals surface area (Å²) in [4.78, 5) is 2.64. The lowest BCUT2D eigenvalue weighted by Crippen LogP contribution is -2.53. The number of hydrogen-bond acceptors (Lipinski definition) is 3. The zero-order chi connectivity index (χ0) is 13.2. The first-order chi connectivity index (χ1) is 8.52. The molecule has 0 N–H and O–H groups in total. The monoisotopic (exact) mass is 255 g/mol. The molecular weight excluding hydrogens is 226 g/mol. The van der Waals surface area contributed by atoms with Crippen LogP contribution in [0.3, 0.4) is 0 Å². The van der Waals surface area contributed by atoms with Crippen molar-refractivity contribution in [3.8, 4) is 0 Å². The Bertz CT molecular complexity index is 254. The van der Waals surface area contributed by atoms with Gasteiger partial charge in [0.1, 0.15) is 0 Å². The second kappa shape index (κ2) is 5.89. The first-order valence-electron chi connectivity index (χ1n) is 7.37. The Hall–Kier alpha value is -0.120. The Morgan fingerprint density at radius 3 is 2.33 bits per heavy atom. The third-order valence-electron chi connectivity index (χ3n) is 4.80. The Balaban J connectivity index is 1.88. The molecule has 0 aromatic rings. The van der Waals surface area contributed by atoms with Crippen LogP contribution in [0.2, 0.25) is 0 Å². The van der Waals surface area contributed by atoms with Gasteiger partial charge >= 0.3 is 0 Å². The van der Waals surface area contributed by atoms with Crippen molar-refractivity contribution in [2.24, 2.45) is 11.3 Å². The van der Waals surface area contributed by atoms with Crippen molar-refractivity contribution in [3.63, 3.8) is 0 Å². The summed E-state index contributed by atoms with van der Waals surface area (Å²) >= 11 is 0. The molecule has 2 aliphatic rings. The number of likely N-dealkylation sites (tertiary alicyclic amines) is 1. The summed E-state index contributed by atoms with van der Waals surface area (Å²) in [6.45, 7) is 11.2. The van der Waals surface area contributed by atoms with Crippen LogP contribution < -0.4 is 0 Å². The number of rotatable bonds is 2. The van der Waals surface area contributed by atoms with Gasteiger partial charge in [0.25, 0.3) is 0 Å². The zero-order valence-corrected chi connectivity index (χ0v) is 12.4. The van der Waals surface area contributed by atoms with Gasteiger partial charge in [-0.05, 0) is 43.7 Å². The maximum absolute atomic E-state index is 5.58. The van der Waals surface area contributed by atoms with E-state index in [0.29, 0.717) is 11.5 Å². The normalized spacial score (nSPS) is 32.7. The largest absolute Gasteiger partial charge is 0.379 e. The molecule has 0 aromatic heterocycles. The molecule has 1 unspecified atom stereocenters. The van der Waals surface area contributed by atoms with Crippen molar-refractivity contribution >= 4 is 0 Å². The number of ether oxygens (including phenoxy) is 2. The van der Waals surface area contributed by atoms with E-state index in [1.807, 2.05) is 7.11 Å². The van der Waals surface area contributed by atoms with E-state index < -0.39 is 0 Å². The van der Waals surface area contributed by atoms with E-state index in [-0.39, 0.29) is 6.10 Å². The van der Waals surface area contributed by atoms with Crippen LogP contribution in [0.5, 0.6) is 0 Å². The molecule has 2 atom stereocenters. The molecule has 3 heteroatoms. The van der Waals surface area contributed by atoms with Crippen LogP contribution >= 0.6 is 0 Å². The summed E-state index contributed by atoms with van der Waals surface area (Å²) in [5.74, 6) is 0.870. The first-order valence-corrected chi connectivity index (χ1v) is 7.37. The highest BCUT2D eigenvalue weighted by Crippen LogP contribution is 2.35. The highest BCUT2D eigenvalue weighted by atomic mass is 16.5. The van der Waals surface area contributed by atoms with E-state index in [0.717, 1.165) is 25.6 Å². The lowest BCUT2D eigenvalue weighted by atomic mass is 9.75. The topological polar surface area (TPSA) is 21.7 Å². The molecule has 0 spiro atoms. The van der Waals surface area contributed by atoms with Crippen LogP contribution in [0, 0.1) is 11.3 Å². The highest BCUT2D eigenvalue weighted by Gasteiger charge is 2.35. The molecule has 0 amide bonds. The highest BCUT2D eigenvalue weighted by molar-refractivity contribution is 4.88. The summed E-state index contributed by atoms with van der Waals surface area (Å²) in [7, 11) is 1.81. The van der Waals surface area contributed by atoms with Crippen LogP contribution in [0.25, 0.3) is 0 Å². The summed E-state index contributed by atoms with van der Waals surface area (Å²) in [5.41, 5.74) is 0.461. The van der Waals surface area contributed by atoms with Crippen LogP contribution in [0.15, 0.2) is 0 Å². The van der Waals surface area contributed by atoms with E-state index in [1.54, 1.807) is 0 Å². The van der Waals surface area contributed by atoms with E-state index in [9.17, 15) is 0 Å². The first kappa shape index (κ1) is 14.3. The second-order valence-corrected chi connectivity index (χ2v) is 6.88. The smallest absolute Gasteiger partial charge is 0.0960 e. The molecule has 2 heterocycles. The average Bonchev–Trinajstić information content (AvgIpc) is 2.38. The average molecular weight is 255 g/mol. The van der Waals surface area contributed by atoms with Gasteiger partial charge in [0, 0.05) is 19.8 Å². The van der Waals surface area contributed by atoms with Crippen molar-refractivity contribution in [2.75, 3.05) is 33.4 Å². The maximum atomic E-state index is 5.58. The molecule has 0 saturated carbocycles. The summed E-state index contributed by atoms with van der Waals surface area (Å²) in [6.07, 6.45) is 4.05. The van der Waals surface area contributed by atoms with Gasteiger partial charge in [0.2, 0.25) is 0 Å². The zero-order valence-electron chi connectivity index (χ0n) is 12.4. The van der Waals surface area contributed by atoms with Crippen LogP contribution in [-0.2, 0) is 9.47 Å². The van der Waals surface area contributed by atoms with Crippen LogP contribution in [0.1, 0.15) is 40.0 Å². The predicted molar refractivity (Wildman–Crippen MR) is 73.8 cm³/mol. The minimum absolute atomic E-state index is 0.268. The minimum atomic E-state index is 0.268. The van der Waals surface area contributed by atoms with E-state index in [1.165, 1.54) is 25.9 Å². The standard InChI is InChI=1S/C15H29NO2/c1-15(2,3)12-5-8-16(9-6-12)13-7-10-18-11-14(13)17-4/h12-14H,5-11H2,1-4H3/t13?,14-/m1/s1. The molecule has 0 aliphatic carbocycles. The van der Waals surface area contributed by atoms with Gasteiger partial charge in [-0.25, -0.2) is 0 Å². The SMILES string of the molecule is CO[C@@H]1COCCC1N1CCC(C(C)(C)C)CC1. The summed E-state index contributed by atoms with van der Waals surface area (Å²) in [6, 6.07) is 0.574. The molecule has 2 aliphatic heterocycles. The van der Waals surface area contributed by atoms with Gasteiger partial charge in [-0.2, -0.15) is 0 Å². The number of piperidine rings is 1. The lowest BCUT2D eigenvalue weighted by Gasteiger charge is -2.45. The molecule has 3 nitrogen and oxygen atoms in total. The Morgan fingerprint density at radius 1 is 1.11 bits per heavy atom. The molecule has 0 bridgehead atoms. The fourth-order valence-electron chi connectivity index (χ4n) is 3.44. The number of hydrogen-bond donors (Lipinski definition) is 0. The van der Waals surface area contributed by atoms with Gasteiger partial charge in [-0.15, -0.1) is 0 Å². The van der Waals surface area contributed by atoms with E-state index in [4.69, 9.17) is 9.47 Å². The third-order valence-corrected chi connectivity index (χ3v) is 4.80. The predicted octanol–water partition coefficient (Wildman–Crippen LogP) is 2.55. The lowest BCUT2D eigenvalue weighted by molar-refractivity contribution is -0.0908. The van der Waals surface area contributed by atoms with Gasteiger partial charge in [0.15, 0.2) is 0 Å². The van der Waals surface area contributed by atoms with E-state index in [2.05, 4.69) is 25.7 Å². The summed E-state index contributed by atoms with van der Waals surface area (Å²) in [5, 5.41) is 0. The van der Waals surface area contributed by atoms with Crippen molar-refractivity contribution in [2.45, 2.75) is 52.2 Å². The third kappa shape index (κ3) is 3.25. The minimum Gasteiger partial charge on any atom is -0.379 e. The summed E-state index contributed by atoms with van der Waals surface area (Å²) < 4.78 is 11.1. The molecule has 0 aromatic carbocycles. The molecule has 106 valence electrons. The van der Waals surface area contributed by atoms with E-state index >= 15 is 0 Å². The van der Waals surface area contributed by atoms with Crippen molar-refractivity contribution in [1.29, 1.82) is 0 Å². The maximum Gasteiger partial charge on any atom is 0.0960 e. The molecular formula is C15H29NO2. The van der Waals surface area contributed by atoms with Crippen LogP contribution in [0.4, 0.5) is 0 Å². The molecule has 2 rings (SSSR count). The second-order valence-electron chi connectivity index (χ2n) is 6.88. The van der Waals surface area contributed by atoms with Crippen molar-refractivity contribution in [3.05, 3.63) is 0 Å². The number of methoxy groups -OCH3 is 1. The van der Waals surface area contributed by atoms with Gasteiger partial charge in [-0.1, -0.05) is 20.8 Å². The Kier molecular flexibility index (Phi) is 4.68. The fraction of sp³-hybridized carbons (Fsp3) is 1.00. The van der Waals surface area contributed by atoms with Crippen LogP contribution in [-0.4, -0.2) is 50.5 Å². The Labute approximate surface area is 112 Å². The molecule has 2 fully saturated rings. The van der Waals surface area contributed by atoms with Gasteiger partial charge in [0.05, 0.1) is 12.7 Å². The van der Waals surface area contributed by atoms with Gasteiger partial charge in [-0.3, -0.25) is 4.90 Å². The van der Waals surface area contributed by atoms with Gasteiger partial charge < -0.3 is 9.47 Å². The Morgan fingerprint density at radius 2 is 1.78 bits per heavy atom. The number of nitrogens with zero attached hydrogens (tertiary/aromatic N) is 1. The quantitative estimate of drug-likeness (QED) is 0.757. The molecule has 0 radical (unpaired) electrons. The van der Waals surface area contributed by atoms with Crippen molar-refractivity contribution < 1.29 is 9.47 Å². The molecule has 18 heavy (non-hydrogen) atoms. The molecule has 2 saturated heterocycles. The fourth-order valence-corrected chi connectivity index (χ4v) is 3.44. The van der Waals surface area contributed by atoms with Crippen molar-refractivity contribution in [1.82, 2.24) is 4.90 Å².